The lowest BCUT2D eigenvalue weighted by atomic mass is 10.1. The van der Waals surface area contributed by atoms with Crippen molar-refractivity contribution in [2.24, 2.45) is 0 Å². The van der Waals surface area contributed by atoms with Crippen LogP contribution in [0.15, 0.2) is 48.5 Å². The first-order valence-electron chi connectivity index (χ1n) is 12.6. The number of hydrogen-bond donors (Lipinski definition) is 1. The number of aromatic nitrogens is 2. The Morgan fingerprint density at radius 2 is 1.74 bits per heavy atom. The quantitative estimate of drug-likeness (QED) is 0.355. The number of nitrogens with zero attached hydrogens (tertiary/aromatic N) is 3. The van der Waals surface area contributed by atoms with Crippen molar-refractivity contribution in [1.82, 2.24) is 14.7 Å². The molecule has 1 fully saturated rings. The summed E-state index contributed by atoms with van der Waals surface area (Å²) in [4.78, 5) is 2.39. The van der Waals surface area contributed by atoms with Crippen LogP contribution < -0.4 is 14.2 Å². The third-order valence-corrected chi connectivity index (χ3v) is 6.44. The second kappa shape index (κ2) is 11.6. The third-order valence-electron chi connectivity index (χ3n) is 6.44. The van der Waals surface area contributed by atoms with Gasteiger partial charge in [0.05, 0.1) is 37.3 Å². The molecule has 1 aliphatic carbocycles. The molecule has 0 bridgehead atoms. The summed E-state index contributed by atoms with van der Waals surface area (Å²) < 4.78 is 19.3. The van der Waals surface area contributed by atoms with Gasteiger partial charge in [-0.05, 0) is 62.1 Å². The van der Waals surface area contributed by atoms with Crippen LogP contribution in [0, 0.1) is 0 Å². The first-order valence-corrected chi connectivity index (χ1v) is 12.6. The largest absolute Gasteiger partial charge is 0.497 e. The SMILES string of the molecule is CCCC(O)CN(Cc1c(CC)nn(-c2ccc(OC)cc2)c1Oc1ccccc1OC)C1CC1. The maximum absolute atomic E-state index is 10.6. The molecule has 0 spiro atoms. The average molecular weight is 480 g/mol. The van der Waals surface area contributed by atoms with E-state index in [4.69, 9.17) is 19.3 Å². The van der Waals surface area contributed by atoms with E-state index < -0.39 is 0 Å². The molecule has 1 N–H and O–H groups in total. The molecule has 4 rings (SSSR count). The van der Waals surface area contributed by atoms with Crippen molar-refractivity contribution in [1.29, 1.82) is 0 Å². The Balaban J connectivity index is 1.76. The van der Waals surface area contributed by atoms with E-state index in [2.05, 4.69) is 18.7 Å². The topological polar surface area (TPSA) is 69.0 Å². The van der Waals surface area contributed by atoms with E-state index in [1.165, 1.54) is 0 Å². The second-order valence-electron chi connectivity index (χ2n) is 9.05. The van der Waals surface area contributed by atoms with Gasteiger partial charge in [0.1, 0.15) is 5.75 Å². The van der Waals surface area contributed by atoms with Gasteiger partial charge in [-0.15, -0.1) is 0 Å². The Kier molecular flexibility index (Phi) is 8.31. The van der Waals surface area contributed by atoms with E-state index in [1.807, 2.05) is 53.2 Å². The minimum Gasteiger partial charge on any atom is -0.497 e. The molecule has 1 aromatic heterocycles. The van der Waals surface area contributed by atoms with Gasteiger partial charge in [0.15, 0.2) is 11.5 Å². The van der Waals surface area contributed by atoms with Crippen molar-refractivity contribution >= 4 is 0 Å². The molecule has 7 nitrogen and oxygen atoms in total. The van der Waals surface area contributed by atoms with Crippen LogP contribution in [-0.2, 0) is 13.0 Å². The molecule has 7 heteroatoms. The van der Waals surface area contributed by atoms with Crippen LogP contribution in [0.1, 0.15) is 50.8 Å². The van der Waals surface area contributed by atoms with Crippen molar-refractivity contribution in [3.63, 3.8) is 0 Å². The Labute approximate surface area is 208 Å². The van der Waals surface area contributed by atoms with Crippen LogP contribution in [0.4, 0.5) is 0 Å². The van der Waals surface area contributed by atoms with E-state index in [-0.39, 0.29) is 6.10 Å². The van der Waals surface area contributed by atoms with Gasteiger partial charge in [0, 0.05) is 19.1 Å². The van der Waals surface area contributed by atoms with Crippen molar-refractivity contribution in [3.8, 4) is 28.8 Å². The standard InChI is InChI=1S/C28H37N3O4/c1-5-9-22(32)18-30(20-12-13-20)19-24-25(6-2)29-31(21-14-16-23(33-3)17-15-21)28(24)35-27-11-8-7-10-26(27)34-4/h7-8,10-11,14-17,20,22,32H,5-6,9,12-13,18-19H2,1-4H3. The Morgan fingerprint density at radius 1 is 1.03 bits per heavy atom. The predicted octanol–water partition coefficient (Wildman–Crippen LogP) is 5.37. The number of methoxy groups -OCH3 is 2. The molecule has 0 radical (unpaired) electrons. The van der Waals surface area contributed by atoms with E-state index >= 15 is 0 Å². The number of aliphatic hydroxyl groups is 1. The molecule has 0 amide bonds. The second-order valence-corrected chi connectivity index (χ2v) is 9.05. The van der Waals surface area contributed by atoms with Gasteiger partial charge < -0.3 is 19.3 Å². The van der Waals surface area contributed by atoms with Crippen LogP contribution in [0.2, 0.25) is 0 Å². The molecule has 0 aliphatic heterocycles. The van der Waals surface area contributed by atoms with Crippen molar-refractivity contribution in [2.75, 3.05) is 20.8 Å². The monoisotopic (exact) mass is 479 g/mol. The molecule has 1 atom stereocenters. The van der Waals surface area contributed by atoms with Crippen LogP contribution in [0.25, 0.3) is 5.69 Å². The fraction of sp³-hybridized carbons (Fsp3) is 0.464. The van der Waals surface area contributed by atoms with E-state index in [0.29, 0.717) is 36.5 Å². The molecule has 35 heavy (non-hydrogen) atoms. The maximum Gasteiger partial charge on any atom is 0.227 e. The van der Waals surface area contributed by atoms with Gasteiger partial charge in [0.25, 0.3) is 0 Å². The van der Waals surface area contributed by atoms with Gasteiger partial charge in [-0.2, -0.15) is 5.10 Å². The summed E-state index contributed by atoms with van der Waals surface area (Å²) in [6, 6.07) is 16.0. The fourth-order valence-corrected chi connectivity index (χ4v) is 4.41. The Bertz CT molecular complexity index is 1090. The van der Waals surface area contributed by atoms with Crippen LogP contribution in [-0.4, -0.2) is 52.7 Å². The molecule has 1 heterocycles. The van der Waals surface area contributed by atoms with E-state index in [9.17, 15) is 5.11 Å². The summed E-state index contributed by atoms with van der Waals surface area (Å²) in [5.74, 6) is 2.76. The van der Waals surface area contributed by atoms with Gasteiger partial charge in [-0.1, -0.05) is 32.4 Å². The zero-order chi connectivity index (χ0) is 24.8. The van der Waals surface area contributed by atoms with E-state index in [1.54, 1.807) is 14.2 Å². The van der Waals surface area contributed by atoms with Gasteiger partial charge in [-0.3, -0.25) is 4.90 Å². The minimum absolute atomic E-state index is 0.333. The summed E-state index contributed by atoms with van der Waals surface area (Å²) in [7, 11) is 3.30. The van der Waals surface area contributed by atoms with Crippen molar-refractivity contribution in [2.45, 2.75) is 64.6 Å². The van der Waals surface area contributed by atoms with Crippen LogP contribution in [0.5, 0.6) is 23.1 Å². The zero-order valence-electron chi connectivity index (χ0n) is 21.2. The summed E-state index contributed by atoms with van der Waals surface area (Å²) in [6.45, 7) is 5.56. The lowest BCUT2D eigenvalue weighted by molar-refractivity contribution is 0.0961. The van der Waals surface area contributed by atoms with E-state index in [0.717, 1.165) is 54.8 Å². The lowest BCUT2D eigenvalue weighted by Crippen LogP contribution is -2.34. The minimum atomic E-state index is -0.333. The smallest absolute Gasteiger partial charge is 0.227 e. The zero-order valence-corrected chi connectivity index (χ0v) is 21.2. The molecule has 1 unspecified atom stereocenters. The molecule has 1 aliphatic rings. The number of ether oxygens (including phenoxy) is 3. The van der Waals surface area contributed by atoms with Crippen molar-refractivity contribution in [3.05, 3.63) is 59.8 Å². The van der Waals surface area contributed by atoms with Crippen molar-refractivity contribution < 1.29 is 19.3 Å². The van der Waals surface area contributed by atoms with Gasteiger partial charge >= 0.3 is 0 Å². The predicted molar refractivity (Wildman–Crippen MR) is 137 cm³/mol. The molecule has 1 saturated carbocycles. The maximum atomic E-state index is 10.6. The number of rotatable bonds is 13. The number of aryl methyl sites for hydroxylation is 1. The molecular weight excluding hydrogens is 442 g/mol. The van der Waals surface area contributed by atoms with Crippen LogP contribution >= 0.6 is 0 Å². The normalized spacial score (nSPS) is 14.2. The Morgan fingerprint density at radius 3 is 2.34 bits per heavy atom. The highest BCUT2D eigenvalue weighted by Crippen LogP contribution is 2.38. The summed E-state index contributed by atoms with van der Waals surface area (Å²) in [5.41, 5.74) is 2.92. The fourth-order valence-electron chi connectivity index (χ4n) is 4.41. The molecule has 0 saturated heterocycles. The number of benzene rings is 2. The Hall–Kier alpha value is -3.03. The first kappa shape index (κ1) is 25.1. The highest BCUT2D eigenvalue weighted by molar-refractivity contribution is 5.48. The summed E-state index contributed by atoms with van der Waals surface area (Å²) in [6.07, 6.45) is 4.54. The van der Waals surface area contributed by atoms with Crippen LogP contribution in [0.3, 0.4) is 0 Å². The third kappa shape index (κ3) is 5.97. The molecular formula is C28H37N3O4. The average Bonchev–Trinajstić information content (AvgIpc) is 3.68. The molecule has 2 aromatic carbocycles. The first-order chi connectivity index (χ1) is 17.1. The highest BCUT2D eigenvalue weighted by Gasteiger charge is 2.33. The molecule has 188 valence electrons. The highest BCUT2D eigenvalue weighted by atomic mass is 16.5. The summed E-state index contributed by atoms with van der Waals surface area (Å²) >= 11 is 0. The number of hydrogen-bond acceptors (Lipinski definition) is 6. The van der Waals surface area contributed by atoms with Gasteiger partial charge in [0.2, 0.25) is 5.88 Å². The summed E-state index contributed by atoms with van der Waals surface area (Å²) in [5, 5.41) is 15.6. The molecule has 3 aromatic rings. The van der Waals surface area contributed by atoms with Gasteiger partial charge in [-0.25, -0.2) is 4.68 Å². The number of aliphatic hydroxyl groups excluding tert-OH is 1. The lowest BCUT2D eigenvalue weighted by Gasteiger charge is -2.25. The number of para-hydroxylation sites is 2.